The molecule has 6 nitrogen and oxygen atoms in total. The summed E-state index contributed by atoms with van der Waals surface area (Å²) >= 11 is 0. The predicted octanol–water partition coefficient (Wildman–Crippen LogP) is 10.1. The third-order valence-electron chi connectivity index (χ3n) is 7.71. The first-order chi connectivity index (χ1) is 21.8. The molecule has 0 saturated carbocycles. The van der Waals surface area contributed by atoms with Crippen molar-refractivity contribution in [1.82, 2.24) is 5.32 Å². The van der Waals surface area contributed by atoms with E-state index >= 15 is 0 Å². The maximum Gasteiger partial charge on any atom is 0.267 e. The summed E-state index contributed by atoms with van der Waals surface area (Å²) < 4.78 is 32.3. The Labute approximate surface area is 277 Å². The van der Waals surface area contributed by atoms with Crippen molar-refractivity contribution in [3.8, 4) is 0 Å². The van der Waals surface area contributed by atoms with Crippen molar-refractivity contribution in [2.24, 2.45) is 0 Å². The number of rotatable bonds is 31. The lowest BCUT2D eigenvalue weighted by Gasteiger charge is -2.20. The highest BCUT2D eigenvalue weighted by Gasteiger charge is 2.24. The average molecular weight is 650 g/mol. The second-order valence-electron chi connectivity index (χ2n) is 12.1. The van der Waals surface area contributed by atoms with Gasteiger partial charge in [-0.3, -0.25) is 9.35 Å². The molecule has 45 heavy (non-hydrogen) atoms. The standard InChI is InChI=1S/C38H67NO5S/c1-3-5-7-9-11-13-15-17-18-19-20-22-23-25-27-29-31-33-37(40)36(35-45(42,43)44)39-38(41)34-32-30-28-26-24-21-16-14-12-10-8-6-4-2/h6,8,12,14,21,24,28,30-31,33,36-37,40H,3-5,7,9-11,13,15-20,22-23,25-27,29,32,34-35H2,1-2H3,(H,39,41)(H,42,43,44)/b8-6-,14-12-,24-21-,30-28-,33-31+. The first-order valence-corrected chi connectivity index (χ1v) is 19.6. The lowest BCUT2D eigenvalue weighted by atomic mass is 10.0. The molecular weight excluding hydrogens is 582 g/mol. The molecule has 260 valence electrons. The van der Waals surface area contributed by atoms with E-state index in [9.17, 15) is 22.9 Å². The van der Waals surface area contributed by atoms with Crippen LogP contribution in [0.25, 0.3) is 0 Å². The van der Waals surface area contributed by atoms with E-state index in [0.29, 0.717) is 6.42 Å². The Kier molecular flexibility index (Phi) is 30.6. The smallest absolute Gasteiger partial charge is 0.267 e. The Morgan fingerprint density at radius 1 is 0.622 bits per heavy atom. The minimum absolute atomic E-state index is 0.172. The summed E-state index contributed by atoms with van der Waals surface area (Å²) in [6.07, 6.45) is 43.6. The first-order valence-electron chi connectivity index (χ1n) is 18.0. The van der Waals surface area contributed by atoms with E-state index in [2.05, 4.69) is 55.6 Å². The Morgan fingerprint density at radius 2 is 1.07 bits per heavy atom. The molecule has 0 aliphatic heterocycles. The monoisotopic (exact) mass is 649 g/mol. The van der Waals surface area contributed by atoms with Crippen molar-refractivity contribution in [2.75, 3.05) is 5.75 Å². The Morgan fingerprint density at radius 3 is 1.53 bits per heavy atom. The molecule has 3 N–H and O–H groups in total. The van der Waals surface area contributed by atoms with Gasteiger partial charge in [-0.1, -0.05) is 164 Å². The van der Waals surface area contributed by atoms with Crippen molar-refractivity contribution in [1.29, 1.82) is 0 Å². The molecule has 2 unspecified atom stereocenters. The summed E-state index contributed by atoms with van der Waals surface area (Å²) in [6.45, 7) is 4.38. The highest BCUT2D eigenvalue weighted by molar-refractivity contribution is 7.85. The maximum absolute atomic E-state index is 12.4. The number of aliphatic hydroxyl groups excluding tert-OH is 1. The van der Waals surface area contributed by atoms with Crippen LogP contribution in [-0.2, 0) is 14.9 Å². The van der Waals surface area contributed by atoms with Gasteiger partial charge >= 0.3 is 0 Å². The molecule has 0 fully saturated rings. The lowest BCUT2D eigenvalue weighted by Crippen LogP contribution is -2.46. The molecule has 0 aromatic heterocycles. The summed E-state index contributed by atoms with van der Waals surface area (Å²) in [7, 11) is -4.36. The number of unbranched alkanes of at least 4 members (excludes halogenated alkanes) is 15. The normalized spacial score (nSPS) is 14.1. The van der Waals surface area contributed by atoms with Crippen LogP contribution in [0, 0.1) is 0 Å². The topological polar surface area (TPSA) is 104 Å². The van der Waals surface area contributed by atoms with Crippen LogP contribution in [0.15, 0.2) is 60.8 Å². The number of nitrogens with one attached hydrogen (secondary N) is 1. The van der Waals surface area contributed by atoms with Crippen LogP contribution in [0.5, 0.6) is 0 Å². The minimum Gasteiger partial charge on any atom is -0.387 e. The molecule has 0 aromatic carbocycles. The number of hydrogen-bond acceptors (Lipinski definition) is 4. The van der Waals surface area contributed by atoms with Crippen LogP contribution in [0.3, 0.4) is 0 Å². The highest BCUT2D eigenvalue weighted by Crippen LogP contribution is 2.14. The van der Waals surface area contributed by atoms with Gasteiger partial charge in [0.15, 0.2) is 0 Å². The van der Waals surface area contributed by atoms with E-state index in [-0.39, 0.29) is 12.3 Å². The molecule has 0 radical (unpaired) electrons. The van der Waals surface area contributed by atoms with Gasteiger partial charge in [-0.2, -0.15) is 8.42 Å². The van der Waals surface area contributed by atoms with E-state index in [1.807, 2.05) is 18.2 Å². The van der Waals surface area contributed by atoms with Gasteiger partial charge in [-0.05, 0) is 44.9 Å². The van der Waals surface area contributed by atoms with Crippen molar-refractivity contribution in [3.63, 3.8) is 0 Å². The molecular formula is C38H67NO5S. The second kappa shape index (κ2) is 32.0. The molecule has 0 aliphatic carbocycles. The fourth-order valence-electron chi connectivity index (χ4n) is 5.05. The number of amides is 1. The lowest BCUT2D eigenvalue weighted by molar-refractivity contribution is -0.122. The fourth-order valence-corrected chi connectivity index (χ4v) is 5.78. The summed E-state index contributed by atoms with van der Waals surface area (Å²) in [5.74, 6) is -1.09. The molecule has 1 amide bonds. The van der Waals surface area contributed by atoms with Crippen molar-refractivity contribution in [3.05, 3.63) is 60.8 Å². The second-order valence-corrected chi connectivity index (χ2v) is 13.6. The van der Waals surface area contributed by atoms with E-state index in [0.717, 1.165) is 44.9 Å². The van der Waals surface area contributed by atoms with E-state index in [1.54, 1.807) is 0 Å². The maximum atomic E-state index is 12.4. The zero-order chi connectivity index (χ0) is 33.3. The van der Waals surface area contributed by atoms with E-state index in [1.165, 1.54) is 89.5 Å². The number of aliphatic hydroxyl groups is 1. The highest BCUT2D eigenvalue weighted by atomic mass is 32.2. The molecule has 7 heteroatoms. The number of carbonyl (C=O) groups is 1. The third kappa shape index (κ3) is 33.2. The quantitative estimate of drug-likeness (QED) is 0.0394. The van der Waals surface area contributed by atoms with E-state index in [4.69, 9.17) is 0 Å². The van der Waals surface area contributed by atoms with Gasteiger partial charge in [0.05, 0.1) is 17.9 Å². The molecule has 0 saturated heterocycles. The van der Waals surface area contributed by atoms with Gasteiger partial charge in [-0.15, -0.1) is 0 Å². The number of hydrogen-bond donors (Lipinski definition) is 3. The molecule has 0 bridgehead atoms. The fraction of sp³-hybridized carbons (Fsp3) is 0.711. The third-order valence-corrected chi connectivity index (χ3v) is 8.49. The van der Waals surface area contributed by atoms with Crippen LogP contribution in [0.2, 0.25) is 0 Å². The molecule has 0 aromatic rings. The predicted molar refractivity (Wildman–Crippen MR) is 193 cm³/mol. The van der Waals surface area contributed by atoms with Crippen LogP contribution >= 0.6 is 0 Å². The van der Waals surface area contributed by atoms with Gasteiger partial charge in [0.1, 0.15) is 0 Å². The Bertz CT molecular complexity index is 936. The van der Waals surface area contributed by atoms with Gasteiger partial charge in [0.25, 0.3) is 10.1 Å². The SMILES string of the molecule is CC/C=C\C/C=C\C/C=C\C/C=C\CCC(=O)NC(CS(=O)(=O)O)C(O)/C=C/CCCCCCCCCCCCCCCCC. The molecule has 0 spiro atoms. The van der Waals surface area contributed by atoms with Gasteiger partial charge in [0.2, 0.25) is 5.91 Å². The number of carbonyl (C=O) groups excluding carboxylic acids is 1. The van der Waals surface area contributed by atoms with Crippen LogP contribution in [0.1, 0.15) is 155 Å². The van der Waals surface area contributed by atoms with Gasteiger partial charge < -0.3 is 10.4 Å². The molecule has 0 rings (SSSR count). The Hall–Kier alpha value is -1.96. The van der Waals surface area contributed by atoms with E-state index < -0.39 is 28.0 Å². The van der Waals surface area contributed by atoms with Crippen LogP contribution < -0.4 is 5.32 Å². The van der Waals surface area contributed by atoms with Gasteiger partial charge in [-0.25, -0.2) is 0 Å². The van der Waals surface area contributed by atoms with Crippen LogP contribution in [-0.4, -0.2) is 41.9 Å². The molecule has 0 heterocycles. The summed E-state index contributed by atoms with van der Waals surface area (Å²) in [6, 6.07) is -1.10. The largest absolute Gasteiger partial charge is 0.387 e. The Balaban J connectivity index is 4.10. The zero-order valence-electron chi connectivity index (χ0n) is 28.7. The zero-order valence-corrected chi connectivity index (χ0v) is 29.5. The molecule has 2 atom stereocenters. The summed E-state index contributed by atoms with van der Waals surface area (Å²) in [4.78, 5) is 12.4. The van der Waals surface area contributed by atoms with Crippen molar-refractivity contribution >= 4 is 16.0 Å². The first kappa shape index (κ1) is 43.0. The summed E-state index contributed by atoms with van der Waals surface area (Å²) in [5, 5.41) is 13.1. The molecule has 0 aliphatic rings. The number of allylic oxidation sites excluding steroid dienone is 9. The minimum atomic E-state index is -4.36. The average Bonchev–Trinajstić information content (AvgIpc) is 3.00. The van der Waals surface area contributed by atoms with Crippen molar-refractivity contribution < 1.29 is 22.9 Å². The summed E-state index contributed by atoms with van der Waals surface area (Å²) in [5.41, 5.74) is 0. The van der Waals surface area contributed by atoms with Gasteiger partial charge in [0, 0.05) is 6.42 Å². The van der Waals surface area contributed by atoms with Crippen molar-refractivity contribution in [2.45, 2.75) is 167 Å². The van der Waals surface area contributed by atoms with Crippen LogP contribution in [0.4, 0.5) is 0 Å².